The Labute approximate surface area is 411 Å². The number of hydrogen-bond donors (Lipinski definition) is 2. The average Bonchev–Trinajstić information content (AvgIpc) is 4.03. The van der Waals surface area contributed by atoms with Gasteiger partial charge in [0.25, 0.3) is 0 Å². The summed E-state index contributed by atoms with van der Waals surface area (Å²) in [6.07, 6.45) is 11.5. The van der Waals surface area contributed by atoms with Crippen LogP contribution in [0.4, 0.5) is 11.4 Å². The number of aliphatic carboxylic acids is 2. The van der Waals surface area contributed by atoms with Crippen LogP contribution in [0.3, 0.4) is 0 Å². The van der Waals surface area contributed by atoms with Crippen molar-refractivity contribution in [2.24, 2.45) is 0 Å². The van der Waals surface area contributed by atoms with Crippen LogP contribution in [0.25, 0.3) is 72.9 Å². The molecule has 6 aromatic carbocycles. The summed E-state index contributed by atoms with van der Waals surface area (Å²) in [7, 11) is 0. The minimum atomic E-state index is -1.24. The van der Waals surface area contributed by atoms with Gasteiger partial charge >= 0.3 is 11.9 Å². The van der Waals surface area contributed by atoms with Gasteiger partial charge in [-0.05, 0) is 156 Å². The van der Waals surface area contributed by atoms with Crippen molar-refractivity contribution in [3.63, 3.8) is 0 Å². The summed E-state index contributed by atoms with van der Waals surface area (Å²) >= 11 is 0. The zero-order valence-electron chi connectivity index (χ0n) is 39.1. The number of nitriles is 2. The van der Waals surface area contributed by atoms with E-state index in [1.54, 1.807) is 24.3 Å². The maximum atomic E-state index is 11.1. The quantitative estimate of drug-likeness (QED) is 0.0843. The maximum absolute atomic E-state index is 11.1. The first-order valence-corrected chi connectivity index (χ1v) is 24.1. The van der Waals surface area contributed by atoms with Crippen molar-refractivity contribution < 1.29 is 33.4 Å². The molecule has 11 heteroatoms. The van der Waals surface area contributed by atoms with Crippen molar-refractivity contribution in [3.05, 3.63) is 160 Å². The van der Waals surface area contributed by atoms with Crippen molar-refractivity contribution >= 4 is 57.6 Å². The molecule has 0 amide bonds. The van der Waals surface area contributed by atoms with E-state index in [0.717, 1.165) is 58.1 Å². The summed E-state index contributed by atoms with van der Waals surface area (Å²) in [5, 5.41) is 35.3. The van der Waals surface area contributed by atoms with E-state index in [1.807, 2.05) is 30.3 Å². The number of aldehydes is 1. The minimum absolute atomic E-state index is 0.309. The number of furan rings is 2. The molecule has 0 spiro atoms. The molecule has 6 heterocycles. The van der Waals surface area contributed by atoms with E-state index in [0.29, 0.717) is 16.7 Å². The second kappa shape index (κ2) is 20.1. The third kappa shape index (κ3) is 9.81. The molecule has 4 aliphatic rings. The van der Waals surface area contributed by atoms with Gasteiger partial charge in [-0.15, -0.1) is 0 Å². The topological polar surface area (TPSA) is 172 Å². The first kappa shape index (κ1) is 46.1. The van der Waals surface area contributed by atoms with Gasteiger partial charge in [-0.3, -0.25) is 9.59 Å². The number of carboxylic acids is 2. The molecule has 0 saturated carbocycles. The molecule has 0 fully saturated rings. The number of carboxylic acid groups (broad SMARTS) is 2. The highest BCUT2D eigenvalue weighted by molar-refractivity contribution is 5.97. The predicted molar refractivity (Wildman–Crippen MR) is 276 cm³/mol. The monoisotopic (exact) mass is 938 g/mol. The maximum Gasteiger partial charge on any atom is 0.346 e. The molecule has 0 saturated heterocycles. The van der Waals surface area contributed by atoms with Crippen LogP contribution < -0.4 is 9.80 Å². The number of hydrogen-bond acceptors (Lipinski definition) is 9. The average molecular weight is 939 g/mol. The van der Waals surface area contributed by atoms with Gasteiger partial charge in [0.2, 0.25) is 0 Å². The summed E-state index contributed by atoms with van der Waals surface area (Å²) in [5.74, 6) is -0.732. The van der Waals surface area contributed by atoms with E-state index in [9.17, 15) is 14.4 Å². The number of fused-ring (bicyclic) bond motifs is 2. The Morgan fingerprint density at radius 1 is 0.535 bits per heavy atom. The Morgan fingerprint density at radius 3 is 1.31 bits per heavy atom. The predicted octanol–water partition coefficient (Wildman–Crippen LogP) is 12.7. The molecule has 71 heavy (non-hydrogen) atoms. The normalized spacial score (nSPS) is 14.4. The Balaban J connectivity index is 0.000000148. The zero-order chi connectivity index (χ0) is 49.0. The van der Waals surface area contributed by atoms with Gasteiger partial charge in [0.15, 0.2) is 0 Å². The van der Waals surface area contributed by atoms with Gasteiger partial charge in [-0.1, -0.05) is 72.8 Å². The van der Waals surface area contributed by atoms with Crippen LogP contribution in [0, 0.1) is 22.7 Å². The number of carbonyl (C=O) groups is 3. The van der Waals surface area contributed by atoms with E-state index in [-0.39, 0.29) is 5.57 Å². The molecule has 352 valence electrons. The minimum Gasteiger partial charge on any atom is -0.480 e. The Kier molecular flexibility index (Phi) is 13.1. The summed E-state index contributed by atoms with van der Waals surface area (Å²) in [5.41, 5.74) is 18.4. The third-order valence-corrected chi connectivity index (χ3v) is 13.8. The molecule has 0 radical (unpaired) electrons. The number of anilines is 2. The molecular formula is C60H50N4O7. The van der Waals surface area contributed by atoms with Crippen LogP contribution in [0.2, 0.25) is 0 Å². The lowest BCUT2D eigenvalue weighted by Crippen LogP contribution is -2.34. The zero-order valence-corrected chi connectivity index (χ0v) is 39.1. The highest BCUT2D eigenvalue weighted by atomic mass is 16.4. The van der Waals surface area contributed by atoms with Crippen LogP contribution in [0.15, 0.2) is 136 Å². The fourth-order valence-corrected chi connectivity index (χ4v) is 10.5. The van der Waals surface area contributed by atoms with E-state index in [4.69, 9.17) is 29.6 Å². The molecule has 0 atom stereocenters. The van der Waals surface area contributed by atoms with Crippen molar-refractivity contribution in [1.29, 1.82) is 10.5 Å². The lowest BCUT2D eigenvalue weighted by atomic mass is 9.88. The summed E-state index contributed by atoms with van der Waals surface area (Å²) in [4.78, 5) is 36.7. The van der Waals surface area contributed by atoms with E-state index in [1.165, 1.54) is 133 Å². The molecule has 8 aromatic rings. The first-order chi connectivity index (χ1) is 34.6. The van der Waals surface area contributed by atoms with Gasteiger partial charge in [-0.2, -0.15) is 10.5 Å². The standard InChI is InChI=1S/C30H24N2O3.C27H23NO2.C3H3NO2/c31-18-26(30(33)34)13-19-5-6-22-17-28(35-27(22)14-19)21-9-7-20(8-10-21)25-15-23-3-1-11-32-12-2-4-24(16-25)29(23)32;29-17-18-5-6-21-16-26(30-25(21)13-18)20-9-7-19(8-10-20)24-14-22-3-1-11-28-12-2-4-23(15-24)27(22)28;4-2-1-3(5)6/h5-10,13-17H,1-4,11-12H2,(H,33,34);5-10,13-17H,1-4,11-12H2;1H2,(H,5,6)/b26-13-;;. The van der Waals surface area contributed by atoms with Gasteiger partial charge in [0.05, 0.1) is 6.07 Å². The molecule has 4 aliphatic heterocycles. The fourth-order valence-electron chi connectivity index (χ4n) is 10.5. The van der Waals surface area contributed by atoms with Crippen LogP contribution in [0.5, 0.6) is 0 Å². The van der Waals surface area contributed by atoms with Crippen molar-refractivity contribution in [2.45, 2.75) is 57.8 Å². The van der Waals surface area contributed by atoms with E-state index < -0.39 is 18.4 Å². The van der Waals surface area contributed by atoms with Crippen molar-refractivity contribution in [3.8, 4) is 57.0 Å². The Morgan fingerprint density at radius 2 is 0.944 bits per heavy atom. The van der Waals surface area contributed by atoms with Crippen LogP contribution >= 0.6 is 0 Å². The van der Waals surface area contributed by atoms with Gasteiger partial charge in [0.1, 0.15) is 47.0 Å². The number of aryl methyl sites for hydroxylation is 4. The van der Waals surface area contributed by atoms with Gasteiger partial charge < -0.3 is 28.8 Å². The summed E-state index contributed by atoms with van der Waals surface area (Å²) < 4.78 is 12.1. The molecular weight excluding hydrogens is 889 g/mol. The molecule has 12 rings (SSSR count). The highest BCUT2D eigenvalue weighted by Gasteiger charge is 2.26. The first-order valence-electron chi connectivity index (χ1n) is 24.1. The fraction of sp³-hybridized carbons (Fsp3) is 0.217. The number of nitrogens with zero attached hydrogens (tertiary/aromatic N) is 4. The van der Waals surface area contributed by atoms with E-state index in [2.05, 4.69) is 82.6 Å². The highest BCUT2D eigenvalue weighted by Crippen LogP contribution is 2.41. The number of benzene rings is 6. The van der Waals surface area contributed by atoms with Gasteiger partial charge in [-0.25, -0.2) is 4.79 Å². The second-order valence-corrected chi connectivity index (χ2v) is 18.5. The van der Waals surface area contributed by atoms with Crippen LogP contribution in [0.1, 0.15) is 70.3 Å². The largest absolute Gasteiger partial charge is 0.480 e. The molecule has 0 aliphatic carbocycles. The smallest absolute Gasteiger partial charge is 0.346 e. The Bertz CT molecular complexity index is 3410. The molecule has 2 aromatic heterocycles. The molecule has 0 unspecified atom stereocenters. The van der Waals surface area contributed by atoms with Crippen molar-refractivity contribution in [2.75, 3.05) is 36.0 Å². The lowest BCUT2D eigenvalue weighted by Gasteiger charge is -2.37. The summed E-state index contributed by atoms with van der Waals surface area (Å²) in [6, 6.07) is 44.8. The van der Waals surface area contributed by atoms with Gasteiger partial charge in [0, 0.05) is 65.0 Å². The second-order valence-electron chi connectivity index (χ2n) is 18.5. The van der Waals surface area contributed by atoms with Crippen LogP contribution in [-0.4, -0.2) is 54.6 Å². The number of rotatable bonds is 8. The summed E-state index contributed by atoms with van der Waals surface area (Å²) in [6.45, 7) is 4.78. The number of carbonyl (C=O) groups excluding carboxylic acids is 1. The molecule has 0 bridgehead atoms. The SMILES string of the molecule is N#C/C(=C/c1ccc2cc(-c3ccc(-c4cc5c6c(c4)CCCN6CCC5)cc3)oc2c1)C(=O)O.N#CCC(=O)O.O=Cc1ccc2cc(-c3ccc(-c4cc5c6c(c4)CCCN6CCC5)cc3)oc2c1. The van der Waals surface area contributed by atoms with Crippen LogP contribution in [-0.2, 0) is 35.3 Å². The van der Waals surface area contributed by atoms with Crippen molar-refractivity contribution in [1.82, 2.24) is 0 Å². The molecule has 11 nitrogen and oxygen atoms in total. The Hall–Kier alpha value is -8.67. The third-order valence-electron chi connectivity index (χ3n) is 13.8. The molecule has 2 N–H and O–H groups in total. The lowest BCUT2D eigenvalue weighted by molar-refractivity contribution is -0.136. The van der Waals surface area contributed by atoms with E-state index >= 15 is 0 Å².